The highest BCUT2D eigenvalue weighted by atomic mass is 35.5. The molecule has 2 heteroatoms. The molecule has 0 fully saturated rings. The molecule has 46 valence electrons. The van der Waals surface area contributed by atoms with Gasteiger partial charge in [0.05, 0.1) is 0 Å². The van der Waals surface area contributed by atoms with E-state index in [9.17, 15) is 4.79 Å². The van der Waals surface area contributed by atoms with Crippen molar-refractivity contribution < 1.29 is 4.79 Å². The number of hydrogen-bond donors (Lipinski definition) is 0. The quantitative estimate of drug-likeness (QED) is 0.425. The van der Waals surface area contributed by atoms with Crippen molar-refractivity contribution in [2.24, 2.45) is 0 Å². The van der Waals surface area contributed by atoms with Crippen LogP contribution in [0.5, 0.6) is 0 Å². The molecule has 8 heavy (non-hydrogen) atoms. The number of rotatable bonds is 3. The number of carbonyl (C=O) groups excluding carboxylic acids is 1. The number of allylic oxidation sites excluding steroid dienone is 1. The smallest absolute Gasteiger partial charge is 0.221 e. The normalized spacial score (nSPS) is 8.75. The zero-order valence-electron chi connectivity index (χ0n) is 4.91. The third-order valence-electron chi connectivity index (χ3n) is 0.748. The lowest BCUT2D eigenvalue weighted by atomic mass is 10.2. The van der Waals surface area contributed by atoms with E-state index in [2.05, 4.69) is 6.58 Å². The molecule has 0 bridgehead atoms. The summed E-state index contributed by atoms with van der Waals surface area (Å²) in [6, 6.07) is 0. The Kier molecular flexibility index (Phi) is 3.53. The topological polar surface area (TPSA) is 17.1 Å². The molecule has 0 heterocycles. The first kappa shape index (κ1) is 7.70. The van der Waals surface area contributed by atoms with Crippen molar-refractivity contribution in [3.8, 4) is 0 Å². The van der Waals surface area contributed by atoms with Crippen molar-refractivity contribution >= 4 is 16.8 Å². The van der Waals surface area contributed by atoms with Gasteiger partial charge in [-0.25, -0.2) is 0 Å². The molecule has 0 aromatic rings. The minimum Gasteiger partial charge on any atom is -0.281 e. The molecule has 0 radical (unpaired) electrons. The van der Waals surface area contributed by atoms with Crippen molar-refractivity contribution in [3.63, 3.8) is 0 Å². The van der Waals surface area contributed by atoms with Gasteiger partial charge >= 0.3 is 0 Å². The Morgan fingerprint density at radius 2 is 2.12 bits per heavy atom. The monoisotopic (exact) mass is 132 g/mol. The zero-order chi connectivity index (χ0) is 6.57. The molecule has 0 aliphatic heterocycles. The van der Waals surface area contributed by atoms with Gasteiger partial charge in [0, 0.05) is 6.42 Å². The summed E-state index contributed by atoms with van der Waals surface area (Å²) in [5.74, 6) is 0. The highest BCUT2D eigenvalue weighted by Crippen LogP contribution is 2.01. The van der Waals surface area contributed by atoms with Gasteiger partial charge in [-0.1, -0.05) is 5.57 Å². The van der Waals surface area contributed by atoms with Gasteiger partial charge in [0.25, 0.3) is 0 Å². The predicted molar refractivity (Wildman–Crippen MR) is 34.9 cm³/mol. The van der Waals surface area contributed by atoms with Gasteiger partial charge in [0.2, 0.25) is 5.24 Å². The van der Waals surface area contributed by atoms with Crippen LogP contribution in [0.15, 0.2) is 12.2 Å². The van der Waals surface area contributed by atoms with Gasteiger partial charge in [-0.2, -0.15) is 0 Å². The molecule has 0 saturated heterocycles. The maximum Gasteiger partial charge on any atom is 0.221 e. The Morgan fingerprint density at radius 3 is 2.25 bits per heavy atom. The van der Waals surface area contributed by atoms with Crippen LogP contribution in [0.3, 0.4) is 0 Å². The average molecular weight is 133 g/mol. The molecule has 0 aliphatic rings. The summed E-state index contributed by atoms with van der Waals surface area (Å²) >= 11 is 5.04. The first-order valence-electron chi connectivity index (χ1n) is 2.45. The maximum absolute atomic E-state index is 10.1. The van der Waals surface area contributed by atoms with E-state index >= 15 is 0 Å². The summed E-state index contributed by atoms with van der Waals surface area (Å²) < 4.78 is 0. The predicted octanol–water partition coefficient (Wildman–Crippen LogP) is 2.11. The molecule has 0 rings (SSSR count). The molecule has 0 atom stereocenters. The molecule has 1 nitrogen and oxygen atoms in total. The molecule has 0 unspecified atom stereocenters. The first-order chi connectivity index (χ1) is 3.63. The Bertz CT molecular complexity index is 93.1. The number of carbonyl (C=O) groups is 1. The van der Waals surface area contributed by atoms with Gasteiger partial charge in [-0.3, -0.25) is 4.79 Å². The summed E-state index contributed by atoms with van der Waals surface area (Å²) in [7, 11) is 0. The van der Waals surface area contributed by atoms with Crippen LogP contribution in [0.4, 0.5) is 0 Å². The van der Waals surface area contributed by atoms with E-state index in [1.807, 2.05) is 6.92 Å². The summed E-state index contributed by atoms with van der Waals surface area (Å²) in [6.07, 6.45) is 1.12. The Balaban J connectivity index is 3.18. The van der Waals surface area contributed by atoms with Crippen LogP contribution in [0, 0.1) is 0 Å². The molecular weight excluding hydrogens is 124 g/mol. The molecule has 0 saturated carbocycles. The standard InChI is InChI=1S/C6H9ClO/c1-5(2)3-4-6(7)8/h1,3-4H2,2H3. The molecule has 0 aromatic heterocycles. The lowest BCUT2D eigenvalue weighted by Gasteiger charge is -1.90. The molecule has 0 amide bonds. The van der Waals surface area contributed by atoms with E-state index in [-0.39, 0.29) is 5.24 Å². The SMILES string of the molecule is C=C(C)CCC(=O)Cl. The second kappa shape index (κ2) is 3.67. The van der Waals surface area contributed by atoms with Crippen molar-refractivity contribution in [2.45, 2.75) is 19.8 Å². The van der Waals surface area contributed by atoms with Crippen LogP contribution < -0.4 is 0 Å². The third kappa shape index (κ3) is 5.70. The highest BCUT2D eigenvalue weighted by molar-refractivity contribution is 6.63. The molecule has 0 aromatic carbocycles. The maximum atomic E-state index is 10.1. The van der Waals surface area contributed by atoms with Crippen molar-refractivity contribution in [1.82, 2.24) is 0 Å². The van der Waals surface area contributed by atoms with Gasteiger partial charge in [-0.15, -0.1) is 6.58 Å². The zero-order valence-corrected chi connectivity index (χ0v) is 5.66. The van der Waals surface area contributed by atoms with Gasteiger partial charge in [0.1, 0.15) is 0 Å². The fourth-order valence-electron chi connectivity index (χ4n) is 0.312. The van der Waals surface area contributed by atoms with E-state index in [4.69, 9.17) is 11.6 Å². The van der Waals surface area contributed by atoms with E-state index in [0.717, 1.165) is 5.57 Å². The lowest BCUT2D eigenvalue weighted by Crippen LogP contribution is -1.84. The van der Waals surface area contributed by atoms with Crippen LogP contribution in [0.1, 0.15) is 19.8 Å². The van der Waals surface area contributed by atoms with E-state index < -0.39 is 0 Å². The second-order valence-electron chi connectivity index (χ2n) is 1.81. The summed E-state index contributed by atoms with van der Waals surface area (Å²) in [5.41, 5.74) is 0.999. The fraction of sp³-hybridized carbons (Fsp3) is 0.500. The van der Waals surface area contributed by atoms with E-state index in [1.54, 1.807) is 0 Å². The largest absolute Gasteiger partial charge is 0.281 e. The van der Waals surface area contributed by atoms with Crippen LogP contribution in [0.2, 0.25) is 0 Å². The van der Waals surface area contributed by atoms with Crippen LogP contribution >= 0.6 is 11.6 Å². The van der Waals surface area contributed by atoms with Crippen molar-refractivity contribution in [3.05, 3.63) is 12.2 Å². The lowest BCUT2D eigenvalue weighted by molar-refractivity contribution is -0.111. The van der Waals surface area contributed by atoms with Crippen LogP contribution in [-0.2, 0) is 4.79 Å². The highest BCUT2D eigenvalue weighted by Gasteiger charge is 1.93. The van der Waals surface area contributed by atoms with Gasteiger partial charge in [-0.05, 0) is 24.9 Å². The van der Waals surface area contributed by atoms with Crippen LogP contribution in [-0.4, -0.2) is 5.24 Å². The fourth-order valence-corrected chi connectivity index (χ4v) is 0.406. The molecule has 0 N–H and O–H groups in total. The first-order valence-corrected chi connectivity index (χ1v) is 2.83. The van der Waals surface area contributed by atoms with E-state index in [1.165, 1.54) is 0 Å². The van der Waals surface area contributed by atoms with Crippen molar-refractivity contribution in [2.75, 3.05) is 0 Å². The van der Waals surface area contributed by atoms with Gasteiger partial charge < -0.3 is 0 Å². The number of hydrogen-bond acceptors (Lipinski definition) is 1. The Morgan fingerprint density at radius 1 is 1.62 bits per heavy atom. The minimum absolute atomic E-state index is 0.284. The van der Waals surface area contributed by atoms with E-state index in [0.29, 0.717) is 12.8 Å². The molecular formula is C6H9ClO. The summed E-state index contributed by atoms with van der Waals surface area (Å²) in [6.45, 7) is 5.49. The molecule has 0 aliphatic carbocycles. The summed E-state index contributed by atoms with van der Waals surface area (Å²) in [5, 5.41) is -0.284. The average Bonchev–Trinajstić information content (AvgIpc) is 1.61. The van der Waals surface area contributed by atoms with Gasteiger partial charge in [0.15, 0.2) is 0 Å². The Hall–Kier alpha value is -0.300. The van der Waals surface area contributed by atoms with Crippen molar-refractivity contribution in [1.29, 1.82) is 0 Å². The third-order valence-corrected chi connectivity index (χ3v) is 0.937. The van der Waals surface area contributed by atoms with Crippen LogP contribution in [0.25, 0.3) is 0 Å². The Labute approximate surface area is 54.3 Å². The molecule has 0 spiro atoms. The second-order valence-corrected chi connectivity index (χ2v) is 2.23. The minimum atomic E-state index is -0.284. The summed E-state index contributed by atoms with van der Waals surface area (Å²) in [4.78, 5) is 10.1. The number of halogens is 1.